The fraction of sp³-hybridized carbons (Fsp3) is 0.778. The van der Waals surface area contributed by atoms with Crippen molar-refractivity contribution in [3.05, 3.63) is 0 Å². The van der Waals surface area contributed by atoms with Crippen LogP contribution >= 0.6 is 0 Å². The van der Waals surface area contributed by atoms with Crippen LogP contribution in [-0.4, -0.2) is 54.2 Å². The third-order valence-corrected chi connectivity index (χ3v) is 3.69. The largest absolute Gasteiger partial charge is 0.481 e. The van der Waals surface area contributed by atoms with Crippen molar-refractivity contribution in [1.82, 2.24) is 5.32 Å². The highest BCUT2D eigenvalue weighted by atomic mass is 32.2. The smallest absolute Gasteiger partial charge is 0.306 e. The van der Waals surface area contributed by atoms with Crippen LogP contribution < -0.4 is 5.32 Å². The van der Waals surface area contributed by atoms with Crippen LogP contribution in [0.5, 0.6) is 0 Å². The Morgan fingerprint density at radius 1 is 1.41 bits per heavy atom. The highest BCUT2D eigenvalue weighted by Gasteiger charge is 2.28. The molecular formula is C9H17NO6S. The van der Waals surface area contributed by atoms with Crippen LogP contribution in [0.25, 0.3) is 0 Å². The lowest BCUT2D eigenvalue weighted by molar-refractivity contribution is -0.142. The van der Waals surface area contributed by atoms with Crippen molar-refractivity contribution in [3.63, 3.8) is 0 Å². The number of amides is 1. The monoisotopic (exact) mass is 267 g/mol. The summed E-state index contributed by atoms with van der Waals surface area (Å²) in [6.07, 6.45) is 0.382. The Morgan fingerprint density at radius 3 is 2.24 bits per heavy atom. The van der Waals surface area contributed by atoms with E-state index in [2.05, 4.69) is 5.32 Å². The van der Waals surface area contributed by atoms with Crippen LogP contribution in [0.2, 0.25) is 0 Å². The van der Waals surface area contributed by atoms with E-state index in [0.717, 1.165) is 6.26 Å². The average molecular weight is 267 g/mol. The van der Waals surface area contributed by atoms with E-state index in [0.29, 0.717) is 0 Å². The predicted octanol–water partition coefficient (Wildman–Crippen LogP) is -1.24. The summed E-state index contributed by atoms with van der Waals surface area (Å²) >= 11 is 0. The van der Waals surface area contributed by atoms with Crippen molar-refractivity contribution in [2.75, 3.05) is 12.8 Å². The normalized spacial score (nSPS) is 16.9. The fourth-order valence-corrected chi connectivity index (χ4v) is 1.48. The van der Waals surface area contributed by atoms with Gasteiger partial charge < -0.3 is 15.5 Å². The molecule has 0 bridgehead atoms. The molecule has 0 aromatic carbocycles. The lowest BCUT2D eigenvalue weighted by atomic mass is 10.0. The standard InChI is InChI=1S/C9H17NO6S/c1-6(17(3,15)16)8(13)10-5-9(2,14)4-7(11)12/h6,14H,4-5H2,1-3H3,(H,10,13)(H,11,12). The lowest BCUT2D eigenvalue weighted by Crippen LogP contribution is -2.46. The molecule has 0 fully saturated rings. The molecule has 0 aromatic heterocycles. The number of carboxylic acid groups (broad SMARTS) is 1. The topological polar surface area (TPSA) is 121 Å². The second-order valence-corrected chi connectivity index (χ2v) is 6.62. The minimum absolute atomic E-state index is 0.321. The van der Waals surface area contributed by atoms with Gasteiger partial charge in [0, 0.05) is 12.8 Å². The number of carbonyl (C=O) groups excluding carboxylic acids is 1. The third kappa shape index (κ3) is 6.22. The van der Waals surface area contributed by atoms with Gasteiger partial charge in [-0.3, -0.25) is 9.59 Å². The van der Waals surface area contributed by atoms with Gasteiger partial charge in [0.15, 0.2) is 9.84 Å². The molecule has 0 radical (unpaired) electrons. The van der Waals surface area contributed by atoms with Crippen LogP contribution in [0.3, 0.4) is 0 Å². The van der Waals surface area contributed by atoms with Crippen molar-refractivity contribution in [3.8, 4) is 0 Å². The summed E-state index contributed by atoms with van der Waals surface area (Å²) in [5.74, 6) is -1.97. The maximum atomic E-state index is 11.4. The molecule has 7 nitrogen and oxygen atoms in total. The number of aliphatic hydroxyl groups is 1. The summed E-state index contributed by atoms with van der Waals surface area (Å²) in [7, 11) is -3.50. The van der Waals surface area contributed by atoms with Crippen LogP contribution in [0.4, 0.5) is 0 Å². The predicted molar refractivity (Wildman–Crippen MR) is 60.2 cm³/mol. The summed E-state index contributed by atoms with van der Waals surface area (Å²) in [5, 5.41) is 19.0. The zero-order valence-corrected chi connectivity index (χ0v) is 10.7. The van der Waals surface area contributed by atoms with Crippen LogP contribution in [0.1, 0.15) is 20.3 Å². The highest BCUT2D eigenvalue weighted by Crippen LogP contribution is 2.08. The summed E-state index contributed by atoms with van der Waals surface area (Å²) in [4.78, 5) is 21.8. The lowest BCUT2D eigenvalue weighted by Gasteiger charge is -2.22. The Bertz CT molecular complexity index is 400. The Morgan fingerprint density at radius 2 is 1.88 bits per heavy atom. The second-order valence-electron chi connectivity index (χ2n) is 4.26. The Balaban J connectivity index is 4.39. The Labute approximate surface area is 99.7 Å². The van der Waals surface area contributed by atoms with Gasteiger partial charge in [-0.2, -0.15) is 0 Å². The van der Waals surface area contributed by atoms with E-state index in [9.17, 15) is 23.1 Å². The van der Waals surface area contributed by atoms with E-state index in [1.54, 1.807) is 0 Å². The van der Waals surface area contributed by atoms with Gasteiger partial charge in [0.25, 0.3) is 0 Å². The van der Waals surface area contributed by atoms with Crippen molar-refractivity contribution in [2.24, 2.45) is 0 Å². The molecule has 0 heterocycles. The maximum absolute atomic E-state index is 11.4. The zero-order valence-electron chi connectivity index (χ0n) is 9.93. The van der Waals surface area contributed by atoms with Gasteiger partial charge in [0.05, 0.1) is 12.0 Å². The number of hydrogen-bond donors (Lipinski definition) is 3. The molecule has 2 unspecified atom stereocenters. The quantitative estimate of drug-likeness (QED) is 0.553. The summed E-state index contributed by atoms with van der Waals surface area (Å²) in [6, 6.07) is 0. The first-order chi connectivity index (χ1) is 7.46. The minimum Gasteiger partial charge on any atom is -0.481 e. The van der Waals surface area contributed by atoms with Gasteiger partial charge in [-0.15, -0.1) is 0 Å². The van der Waals surface area contributed by atoms with Crippen LogP contribution in [0.15, 0.2) is 0 Å². The average Bonchev–Trinajstić information content (AvgIpc) is 2.09. The molecule has 1 amide bonds. The SMILES string of the molecule is CC(C(=O)NCC(C)(O)CC(=O)O)S(C)(=O)=O. The Kier molecular flexibility index (Phi) is 5.09. The molecule has 17 heavy (non-hydrogen) atoms. The number of aliphatic carboxylic acids is 1. The number of nitrogens with one attached hydrogen (secondary N) is 1. The summed E-state index contributed by atoms with van der Waals surface area (Å²) < 4.78 is 22.1. The van der Waals surface area contributed by atoms with Crippen molar-refractivity contribution in [2.45, 2.75) is 31.1 Å². The third-order valence-electron chi connectivity index (χ3n) is 2.19. The molecule has 0 aromatic rings. The van der Waals surface area contributed by atoms with Crippen LogP contribution in [-0.2, 0) is 19.4 Å². The van der Waals surface area contributed by atoms with E-state index in [-0.39, 0.29) is 6.54 Å². The first-order valence-corrected chi connectivity index (χ1v) is 6.82. The minimum atomic E-state index is -3.50. The number of sulfone groups is 1. The highest BCUT2D eigenvalue weighted by molar-refractivity contribution is 7.92. The second kappa shape index (κ2) is 5.46. The molecule has 0 aliphatic heterocycles. The molecule has 0 aliphatic carbocycles. The molecule has 0 rings (SSSR count). The molecule has 2 atom stereocenters. The van der Waals surface area contributed by atoms with E-state index in [4.69, 9.17) is 5.11 Å². The fourth-order valence-electron chi connectivity index (χ4n) is 1.00. The molecule has 0 saturated heterocycles. The molecule has 100 valence electrons. The maximum Gasteiger partial charge on any atom is 0.306 e. The van der Waals surface area contributed by atoms with Gasteiger partial charge in [-0.25, -0.2) is 8.42 Å². The Hall–Kier alpha value is -1.15. The number of carboxylic acids is 1. The van der Waals surface area contributed by atoms with Gasteiger partial charge in [0.2, 0.25) is 5.91 Å². The number of carbonyl (C=O) groups is 2. The first-order valence-electron chi connectivity index (χ1n) is 4.86. The molecule has 3 N–H and O–H groups in total. The number of rotatable bonds is 6. The number of hydrogen-bond acceptors (Lipinski definition) is 5. The van der Waals surface area contributed by atoms with Crippen molar-refractivity contribution >= 4 is 21.7 Å². The summed E-state index contributed by atoms with van der Waals surface area (Å²) in [5.41, 5.74) is -1.61. The van der Waals surface area contributed by atoms with Crippen molar-refractivity contribution < 1.29 is 28.2 Å². The van der Waals surface area contributed by atoms with Gasteiger partial charge >= 0.3 is 5.97 Å². The molecular weight excluding hydrogens is 250 g/mol. The van der Waals surface area contributed by atoms with Gasteiger partial charge in [-0.1, -0.05) is 0 Å². The van der Waals surface area contributed by atoms with E-state index >= 15 is 0 Å². The molecule has 0 spiro atoms. The molecule has 0 saturated carbocycles. The molecule has 0 aliphatic rings. The van der Waals surface area contributed by atoms with Gasteiger partial charge in [-0.05, 0) is 13.8 Å². The van der Waals surface area contributed by atoms with Crippen molar-refractivity contribution in [1.29, 1.82) is 0 Å². The van der Waals surface area contributed by atoms with Gasteiger partial charge in [0.1, 0.15) is 5.25 Å². The first kappa shape index (κ1) is 15.9. The summed E-state index contributed by atoms with van der Waals surface area (Å²) in [6.45, 7) is 2.14. The van der Waals surface area contributed by atoms with E-state index < -0.39 is 39.0 Å². The van der Waals surface area contributed by atoms with Crippen LogP contribution in [0, 0.1) is 0 Å². The zero-order chi connectivity index (χ0) is 13.9. The van der Waals surface area contributed by atoms with E-state index in [1.807, 2.05) is 0 Å². The molecule has 8 heteroatoms. The van der Waals surface area contributed by atoms with E-state index in [1.165, 1.54) is 13.8 Å².